The van der Waals surface area contributed by atoms with Crippen molar-refractivity contribution in [3.63, 3.8) is 0 Å². The standard InChI is InChI=1S/C29H35ClFN3O/c1-22(2)34(29(27-8-5-6-16-32-27)24-10-12-25(30)13-11-24)21-23-14-17-33(18-15-23)19-20-35-28-9-4-3-7-26(28)31/h3-13,16,22-23,29H,14-15,17-21H2,1-2H3/t29-/m0/s1. The lowest BCUT2D eigenvalue weighted by Crippen LogP contribution is -2.43. The molecule has 1 aliphatic heterocycles. The maximum absolute atomic E-state index is 13.8. The molecule has 0 amide bonds. The summed E-state index contributed by atoms with van der Waals surface area (Å²) in [6.45, 7) is 8.93. The lowest BCUT2D eigenvalue weighted by molar-refractivity contribution is 0.0979. The number of likely N-dealkylation sites (tertiary alicyclic amines) is 1. The van der Waals surface area contributed by atoms with Gasteiger partial charge in [-0.25, -0.2) is 4.39 Å². The molecular weight excluding hydrogens is 461 g/mol. The first-order valence-corrected chi connectivity index (χ1v) is 12.9. The Morgan fingerprint density at radius 1 is 1.03 bits per heavy atom. The lowest BCUT2D eigenvalue weighted by atomic mass is 9.93. The van der Waals surface area contributed by atoms with Gasteiger partial charge in [0.1, 0.15) is 6.61 Å². The van der Waals surface area contributed by atoms with E-state index < -0.39 is 0 Å². The molecule has 6 heteroatoms. The average molecular weight is 496 g/mol. The fourth-order valence-corrected chi connectivity index (χ4v) is 4.99. The molecule has 1 atom stereocenters. The minimum Gasteiger partial charge on any atom is -0.489 e. The largest absolute Gasteiger partial charge is 0.489 e. The van der Waals surface area contributed by atoms with Crippen molar-refractivity contribution in [2.24, 2.45) is 5.92 Å². The summed E-state index contributed by atoms with van der Waals surface area (Å²) in [5.41, 5.74) is 2.27. The van der Waals surface area contributed by atoms with Crippen LogP contribution in [0.25, 0.3) is 0 Å². The second kappa shape index (κ2) is 12.5. The molecule has 2 heterocycles. The fraction of sp³-hybridized carbons (Fsp3) is 0.414. The molecule has 0 bridgehead atoms. The maximum Gasteiger partial charge on any atom is 0.165 e. The van der Waals surface area contributed by atoms with Crippen LogP contribution in [0, 0.1) is 11.7 Å². The van der Waals surface area contributed by atoms with Crippen LogP contribution in [0.3, 0.4) is 0 Å². The number of benzene rings is 2. The lowest BCUT2D eigenvalue weighted by Gasteiger charge is -2.40. The number of nitrogens with zero attached hydrogens (tertiary/aromatic N) is 3. The molecule has 1 fully saturated rings. The van der Waals surface area contributed by atoms with Gasteiger partial charge in [0.25, 0.3) is 0 Å². The highest BCUT2D eigenvalue weighted by atomic mass is 35.5. The van der Waals surface area contributed by atoms with Crippen LogP contribution in [-0.2, 0) is 0 Å². The Kier molecular flexibility index (Phi) is 9.13. The van der Waals surface area contributed by atoms with Crippen molar-refractivity contribution in [1.29, 1.82) is 0 Å². The molecule has 1 saturated heterocycles. The van der Waals surface area contributed by atoms with Gasteiger partial charge in [0, 0.05) is 30.4 Å². The van der Waals surface area contributed by atoms with Crippen LogP contribution in [0.2, 0.25) is 5.02 Å². The highest BCUT2D eigenvalue weighted by Gasteiger charge is 2.29. The first-order chi connectivity index (χ1) is 17.0. The number of ether oxygens (including phenoxy) is 1. The van der Waals surface area contributed by atoms with Gasteiger partial charge in [-0.1, -0.05) is 41.9 Å². The summed E-state index contributed by atoms with van der Waals surface area (Å²) in [5, 5.41) is 0.746. The smallest absolute Gasteiger partial charge is 0.165 e. The predicted molar refractivity (Wildman–Crippen MR) is 140 cm³/mol. The van der Waals surface area contributed by atoms with Crippen LogP contribution in [-0.4, -0.2) is 53.6 Å². The van der Waals surface area contributed by atoms with E-state index in [1.165, 1.54) is 11.6 Å². The summed E-state index contributed by atoms with van der Waals surface area (Å²) in [4.78, 5) is 9.73. The number of piperidine rings is 1. The molecule has 1 aliphatic rings. The molecule has 4 rings (SSSR count). The summed E-state index contributed by atoms with van der Waals surface area (Å²) in [5.74, 6) is 0.639. The zero-order chi connectivity index (χ0) is 24.6. The van der Waals surface area contributed by atoms with Crippen LogP contribution < -0.4 is 4.74 Å². The number of hydrogen-bond donors (Lipinski definition) is 0. The van der Waals surface area contributed by atoms with Crippen molar-refractivity contribution < 1.29 is 9.13 Å². The van der Waals surface area contributed by atoms with E-state index in [2.05, 4.69) is 47.9 Å². The SMILES string of the molecule is CC(C)N(CC1CCN(CCOc2ccccc2F)CC1)[C@@H](c1ccc(Cl)cc1)c1ccccn1. The molecule has 0 saturated carbocycles. The third kappa shape index (κ3) is 7.03. The number of aromatic nitrogens is 1. The molecule has 0 spiro atoms. The highest BCUT2D eigenvalue weighted by molar-refractivity contribution is 6.30. The summed E-state index contributed by atoms with van der Waals surface area (Å²) < 4.78 is 19.4. The molecule has 0 unspecified atom stereocenters. The van der Waals surface area contributed by atoms with Gasteiger partial charge in [0.2, 0.25) is 0 Å². The van der Waals surface area contributed by atoms with Crippen LogP contribution in [0.5, 0.6) is 5.75 Å². The third-order valence-corrected chi connectivity index (χ3v) is 7.08. The van der Waals surface area contributed by atoms with E-state index in [0.717, 1.165) is 49.7 Å². The Labute approximate surface area is 213 Å². The zero-order valence-corrected chi connectivity index (χ0v) is 21.4. The summed E-state index contributed by atoms with van der Waals surface area (Å²) in [7, 11) is 0. The van der Waals surface area contributed by atoms with Gasteiger partial charge in [-0.05, 0) is 87.7 Å². The monoisotopic (exact) mass is 495 g/mol. The van der Waals surface area contributed by atoms with E-state index in [-0.39, 0.29) is 11.9 Å². The van der Waals surface area contributed by atoms with Gasteiger partial charge in [-0.15, -0.1) is 0 Å². The minimum absolute atomic E-state index is 0.0839. The molecule has 0 radical (unpaired) electrons. The van der Waals surface area contributed by atoms with Crippen molar-refractivity contribution in [3.05, 3.63) is 95.0 Å². The Bertz CT molecular complexity index is 1040. The van der Waals surface area contributed by atoms with Gasteiger partial charge in [0.15, 0.2) is 11.6 Å². The van der Waals surface area contributed by atoms with Crippen molar-refractivity contribution >= 4 is 11.6 Å². The first kappa shape index (κ1) is 25.6. The van der Waals surface area contributed by atoms with Gasteiger partial charge < -0.3 is 4.74 Å². The summed E-state index contributed by atoms with van der Waals surface area (Å²) in [6, 6.07) is 21.4. The van der Waals surface area contributed by atoms with Crippen LogP contribution in [0.15, 0.2) is 72.9 Å². The minimum atomic E-state index is -0.303. The van der Waals surface area contributed by atoms with Gasteiger partial charge in [0.05, 0.1) is 11.7 Å². The summed E-state index contributed by atoms with van der Waals surface area (Å²) in [6.07, 6.45) is 4.15. The van der Waals surface area contributed by atoms with Gasteiger partial charge >= 0.3 is 0 Å². The molecule has 0 N–H and O–H groups in total. The van der Waals surface area contributed by atoms with Crippen LogP contribution in [0.4, 0.5) is 4.39 Å². The average Bonchev–Trinajstić information content (AvgIpc) is 2.87. The van der Waals surface area contributed by atoms with Crippen molar-refractivity contribution in [3.8, 4) is 5.75 Å². The van der Waals surface area contributed by atoms with E-state index in [9.17, 15) is 4.39 Å². The van der Waals surface area contributed by atoms with E-state index in [1.54, 1.807) is 18.2 Å². The van der Waals surface area contributed by atoms with E-state index in [0.29, 0.717) is 24.3 Å². The number of hydrogen-bond acceptors (Lipinski definition) is 4. The number of pyridine rings is 1. The van der Waals surface area contributed by atoms with E-state index >= 15 is 0 Å². The third-order valence-electron chi connectivity index (χ3n) is 6.83. The van der Waals surface area contributed by atoms with Crippen molar-refractivity contribution in [1.82, 2.24) is 14.8 Å². The van der Waals surface area contributed by atoms with E-state index in [1.807, 2.05) is 24.4 Å². The predicted octanol–water partition coefficient (Wildman–Crippen LogP) is 6.46. The normalized spacial score (nSPS) is 16.1. The highest BCUT2D eigenvalue weighted by Crippen LogP contribution is 2.32. The molecule has 186 valence electrons. The van der Waals surface area contributed by atoms with Crippen LogP contribution in [0.1, 0.15) is 44.0 Å². The Morgan fingerprint density at radius 3 is 2.40 bits per heavy atom. The Hall–Kier alpha value is -2.47. The number of rotatable bonds is 10. The number of para-hydroxylation sites is 1. The fourth-order valence-electron chi connectivity index (χ4n) is 4.87. The van der Waals surface area contributed by atoms with Crippen molar-refractivity contribution in [2.45, 2.75) is 38.8 Å². The van der Waals surface area contributed by atoms with Crippen molar-refractivity contribution in [2.75, 3.05) is 32.8 Å². The Morgan fingerprint density at radius 2 is 1.74 bits per heavy atom. The van der Waals surface area contributed by atoms with Gasteiger partial charge in [-0.3, -0.25) is 14.8 Å². The molecule has 1 aromatic heterocycles. The molecule has 0 aliphatic carbocycles. The summed E-state index contributed by atoms with van der Waals surface area (Å²) >= 11 is 6.19. The first-order valence-electron chi connectivity index (χ1n) is 12.5. The molecule has 4 nitrogen and oxygen atoms in total. The van der Waals surface area contributed by atoms with E-state index in [4.69, 9.17) is 21.3 Å². The number of halogens is 2. The molecule has 35 heavy (non-hydrogen) atoms. The molecular formula is C29H35ClFN3O. The second-order valence-corrected chi connectivity index (χ2v) is 10.00. The zero-order valence-electron chi connectivity index (χ0n) is 20.6. The van der Waals surface area contributed by atoms with Crippen LogP contribution >= 0.6 is 11.6 Å². The quantitative estimate of drug-likeness (QED) is 0.322. The second-order valence-electron chi connectivity index (χ2n) is 9.56. The topological polar surface area (TPSA) is 28.6 Å². The maximum atomic E-state index is 13.8. The van der Waals surface area contributed by atoms with Gasteiger partial charge in [-0.2, -0.15) is 0 Å². The molecule has 3 aromatic rings. The molecule has 2 aromatic carbocycles. The Balaban J connectivity index is 1.37.